The van der Waals surface area contributed by atoms with Crippen LogP contribution in [0.4, 0.5) is 11.6 Å². The highest BCUT2D eigenvalue weighted by Crippen LogP contribution is 2.32. The zero-order valence-electron chi connectivity index (χ0n) is 14.3. The van der Waals surface area contributed by atoms with Crippen LogP contribution in [0.25, 0.3) is 0 Å². The Bertz CT molecular complexity index is 611. The van der Waals surface area contributed by atoms with Gasteiger partial charge in [0.15, 0.2) is 0 Å². The molecule has 1 aromatic rings. The Labute approximate surface area is 142 Å². The minimum atomic E-state index is 0.178. The van der Waals surface area contributed by atoms with Crippen LogP contribution in [0.5, 0.6) is 0 Å². The zero-order valence-corrected chi connectivity index (χ0v) is 14.3. The van der Waals surface area contributed by atoms with Crippen LogP contribution >= 0.6 is 0 Å². The summed E-state index contributed by atoms with van der Waals surface area (Å²) in [6.07, 6.45) is 6.40. The van der Waals surface area contributed by atoms with Gasteiger partial charge < -0.3 is 20.4 Å². The number of rotatable bonds is 4. The average Bonchev–Trinajstić information content (AvgIpc) is 3.43. The highest BCUT2D eigenvalue weighted by molar-refractivity contribution is 5.84. The van der Waals surface area contributed by atoms with E-state index >= 15 is 0 Å². The number of aromatic nitrogens is 2. The molecule has 1 aromatic heterocycles. The second kappa shape index (κ2) is 6.55. The van der Waals surface area contributed by atoms with Gasteiger partial charge in [-0.3, -0.25) is 4.79 Å². The van der Waals surface area contributed by atoms with Crippen molar-refractivity contribution in [1.82, 2.24) is 20.2 Å². The summed E-state index contributed by atoms with van der Waals surface area (Å²) in [6, 6.07) is 0.266. The molecular formula is C17H26N6O. The Morgan fingerprint density at radius 1 is 1.29 bits per heavy atom. The fourth-order valence-corrected chi connectivity index (χ4v) is 3.65. The third-order valence-corrected chi connectivity index (χ3v) is 5.27. The largest absolute Gasteiger partial charge is 0.369 e. The number of fused-ring (bicyclic) bond motifs is 1. The summed E-state index contributed by atoms with van der Waals surface area (Å²) in [5.41, 5.74) is 1.05. The average molecular weight is 330 g/mol. The Balaban J connectivity index is 1.61. The minimum Gasteiger partial charge on any atom is -0.369 e. The van der Waals surface area contributed by atoms with Gasteiger partial charge in [0.05, 0.1) is 18.7 Å². The molecule has 0 aromatic carbocycles. The van der Waals surface area contributed by atoms with Crippen molar-refractivity contribution in [2.45, 2.75) is 38.3 Å². The van der Waals surface area contributed by atoms with Crippen molar-refractivity contribution in [1.29, 1.82) is 0 Å². The Morgan fingerprint density at radius 2 is 2.17 bits per heavy atom. The number of anilines is 2. The van der Waals surface area contributed by atoms with Crippen LogP contribution in [0.2, 0.25) is 0 Å². The lowest BCUT2D eigenvalue weighted by atomic mass is 10.0. The van der Waals surface area contributed by atoms with E-state index in [1.165, 1.54) is 12.8 Å². The van der Waals surface area contributed by atoms with Gasteiger partial charge in [-0.2, -0.15) is 0 Å². The lowest BCUT2D eigenvalue weighted by Crippen LogP contribution is -2.49. The molecule has 0 bridgehead atoms. The van der Waals surface area contributed by atoms with E-state index in [9.17, 15) is 4.79 Å². The number of nitrogens with zero attached hydrogens (tertiary/aromatic N) is 4. The van der Waals surface area contributed by atoms with Gasteiger partial charge in [-0.25, -0.2) is 9.97 Å². The zero-order chi connectivity index (χ0) is 16.5. The van der Waals surface area contributed by atoms with Gasteiger partial charge in [0.2, 0.25) is 5.91 Å². The molecule has 2 aliphatic heterocycles. The summed E-state index contributed by atoms with van der Waals surface area (Å²) >= 11 is 0. The van der Waals surface area contributed by atoms with Gasteiger partial charge in [0.25, 0.3) is 0 Å². The third-order valence-electron chi connectivity index (χ3n) is 5.27. The molecule has 0 radical (unpaired) electrons. The predicted octanol–water partition coefficient (Wildman–Crippen LogP) is 0.829. The van der Waals surface area contributed by atoms with Gasteiger partial charge in [-0.15, -0.1) is 0 Å². The van der Waals surface area contributed by atoms with Crippen molar-refractivity contribution in [2.75, 3.05) is 43.4 Å². The fourth-order valence-electron chi connectivity index (χ4n) is 3.65. The quantitative estimate of drug-likeness (QED) is 0.852. The number of likely N-dealkylation sites (N-methyl/N-ethyl adjacent to an activating group) is 1. The van der Waals surface area contributed by atoms with Crippen LogP contribution in [0, 0.1) is 5.92 Å². The standard InChI is InChI=1S/C17H26N6O/c1-22-10-15(24)23(13-3-2-6-18-8-13)9-14-16(19-7-12-4-5-12)20-11-21-17(14)22/h11-13,18H,2-10H2,1H3,(H,19,20,21). The van der Waals surface area contributed by atoms with Crippen molar-refractivity contribution >= 4 is 17.5 Å². The molecule has 2 N–H and O–H groups in total. The molecule has 2 fully saturated rings. The molecule has 3 aliphatic rings. The lowest BCUT2D eigenvalue weighted by Gasteiger charge is -2.34. The van der Waals surface area contributed by atoms with Crippen molar-refractivity contribution in [3.8, 4) is 0 Å². The number of carbonyl (C=O) groups excluding carboxylic acids is 1. The molecule has 1 aliphatic carbocycles. The summed E-state index contributed by atoms with van der Waals surface area (Å²) < 4.78 is 0. The number of carbonyl (C=O) groups is 1. The molecular weight excluding hydrogens is 304 g/mol. The molecule has 7 heteroatoms. The van der Waals surface area contributed by atoms with E-state index in [0.29, 0.717) is 13.1 Å². The van der Waals surface area contributed by atoms with Crippen LogP contribution in [0.15, 0.2) is 6.33 Å². The highest BCUT2D eigenvalue weighted by atomic mass is 16.2. The van der Waals surface area contributed by atoms with Crippen molar-refractivity contribution in [3.63, 3.8) is 0 Å². The second-order valence-corrected chi connectivity index (χ2v) is 7.23. The third kappa shape index (κ3) is 3.17. The number of amides is 1. The molecule has 7 nitrogen and oxygen atoms in total. The maximum absolute atomic E-state index is 12.8. The van der Waals surface area contributed by atoms with Crippen LogP contribution in [0.1, 0.15) is 31.2 Å². The minimum absolute atomic E-state index is 0.178. The van der Waals surface area contributed by atoms with Gasteiger partial charge in [0.1, 0.15) is 18.0 Å². The van der Waals surface area contributed by atoms with Crippen molar-refractivity contribution in [2.24, 2.45) is 5.92 Å². The number of hydrogen-bond donors (Lipinski definition) is 2. The van der Waals surface area contributed by atoms with E-state index in [4.69, 9.17) is 0 Å². The van der Waals surface area contributed by atoms with Crippen LogP contribution in [0.3, 0.4) is 0 Å². The van der Waals surface area contributed by atoms with Gasteiger partial charge >= 0.3 is 0 Å². The normalized spacial score (nSPS) is 24.5. The first-order valence-corrected chi connectivity index (χ1v) is 9.01. The SMILES string of the molecule is CN1CC(=O)N(C2CCCNC2)Cc2c(NCC3CC3)ncnc21. The maximum atomic E-state index is 12.8. The maximum Gasteiger partial charge on any atom is 0.242 e. The van der Waals surface area contributed by atoms with Crippen LogP contribution in [-0.2, 0) is 11.3 Å². The molecule has 1 amide bonds. The first kappa shape index (κ1) is 15.6. The van der Waals surface area contributed by atoms with Crippen molar-refractivity contribution in [3.05, 3.63) is 11.9 Å². The molecule has 0 spiro atoms. The monoisotopic (exact) mass is 330 g/mol. The molecule has 1 atom stereocenters. The van der Waals surface area contributed by atoms with E-state index in [1.807, 2.05) is 16.8 Å². The smallest absolute Gasteiger partial charge is 0.242 e. The Morgan fingerprint density at radius 3 is 2.92 bits per heavy atom. The van der Waals surface area contributed by atoms with Crippen LogP contribution < -0.4 is 15.5 Å². The van der Waals surface area contributed by atoms with E-state index < -0.39 is 0 Å². The Hall–Kier alpha value is -1.89. The first-order valence-electron chi connectivity index (χ1n) is 9.01. The molecule has 4 rings (SSSR count). The van der Waals surface area contributed by atoms with E-state index in [1.54, 1.807) is 6.33 Å². The van der Waals surface area contributed by atoms with E-state index in [-0.39, 0.29) is 11.9 Å². The molecule has 24 heavy (non-hydrogen) atoms. The highest BCUT2D eigenvalue weighted by Gasteiger charge is 2.32. The summed E-state index contributed by atoms with van der Waals surface area (Å²) in [6.45, 7) is 3.86. The molecule has 1 saturated carbocycles. The molecule has 1 unspecified atom stereocenters. The summed E-state index contributed by atoms with van der Waals surface area (Å²) in [4.78, 5) is 25.7. The second-order valence-electron chi connectivity index (χ2n) is 7.23. The summed E-state index contributed by atoms with van der Waals surface area (Å²) in [5, 5.41) is 6.91. The van der Waals surface area contributed by atoms with E-state index in [0.717, 1.165) is 55.6 Å². The summed E-state index contributed by atoms with van der Waals surface area (Å²) in [5.74, 6) is 2.72. The molecule has 3 heterocycles. The number of nitrogens with one attached hydrogen (secondary N) is 2. The predicted molar refractivity (Wildman–Crippen MR) is 93.0 cm³/mol. The van der Waals surface area contributed by atoms with Gasteiger partial charge in [-0.1, -0.05) is 0 Å². The fraction of sp³-hybridized carbons (Fsp3) is 0.706. The number of hydrogen-bond acceptors (Lipinski definition) is 6. The molecule has 1 saturated heterocycles. The topological polar surface area (TPSA) is 73.4 Å². The van der Waals surface area contributed by atoms with Gasteiger partial charge in [0, 0.05) is 26.2 Å². The lowest BCUT2D eigenvalue weighted by molar-refractivity contribution is -0.132. The van der Waals surface area contributed by atoms with Crippen LogP contribution in [-0.4, -0.2) is 60.0 Å². The van der Waals surface area contributed by atoms with Gasteiger partial charge in [-0.05, 0) is 38.1 Å². The number of piperidine rings is 1. The summed E-state index contributed by atoms with van der Waals surface area (Å²) in [7, 11) is 1.94. The first-order chi connectivity index (χ1) is 11.7. The van der Waals surface area contributed by atoms with Crippen molar-refractivity contribution < 1.29 is 4.79 Å². The Kier molecular flexibility index (Phi) is 4.26. The molecule has 130 valence electrons. The van der Waals surface area contributed by atoms with E-state index in [2.05, 4.69) is 20.6 Å².